The van der Waals surface area contributed by atoms with Gasteiger partial charge in [-0.1, -0.05) is 36.0 Å². The fourth-order valence-corrected chi connectivity index (χ4v) is 4.25. The molecule has 0 unspecified atom stereocenters. The molecular formula is C21H22N4O2S. The lowest BCUT2D eigenvalue weighted by atomic mass is 9.88. The number of carbonyl (C=O) groups excluding carboxylic acids is 1. The Morgan fingerprint density at radius 1 is 1.25 bits per heavy atom. The summed E-state index contributed by atoms with van der Waals surface area (Å²) in [5, 5.41) is 12.0. The van der Waals surface area contributed by atoms with Crippen molar-refractivity contribution in [1.29, 1.82) is 0 Å². The smallest absolute Gasteiger partial charge is 0.230 e. The molecule has 0 saturated carbocycles. The number of aromatic nitrogens is 3. The third-order valence-corrected chi connectivity index (χ3v) is 5.85. The third-order valence-electron chi connectivity index (χ3n) is 4.90. The number of fused-ring (bicyclic) bond motifs is 1. The van der Waals surface area contributed by atoms with Gasteiger partial charge in [-0.3, -0.25) is 9.36 Å². The minimum absolute atomic E-state index is 0.0102. The quantitative estimate of drug-likeness (QED) is 0.648. The summed E-state index contributed by atoms with van der Waals surface area (Å²) in [6, 6.07) is 16.1. The molecule has 0 aliphatic heterocycles. The van der Waals surface area contributed by atoms with Crippen molar-refractivity contribution in [1.82, 2.24) is 20.1 Å². The van der Waals surface area contributed by atoms with Crippen molar-refractivity contribution in [3.05, 3.63) is 66.0 Å². The van der Waals surface area contributed by atoms with E-state index in [0.717, 1.165) is 30.7 Å². The number of ether oxygens (including phenoxy) is 1. The standard InChI is InChI=1S/C21H22N4O2S/c1-27-17-11-9-16(10-12-17)25-14-22-24-21(25)28-13-20(26)23-19-8-4-6-15-5-2-3-7-18(15)19/h2-3,5,7,9-12,14,19H,4,6,8,13H2,1H3,(H,23,26)/t19-/m1/s1. The molecule has 0 bridgehead atoms. The summed E-state index contributed by atoms with van der Waals surface area (Å²) in [5.74, 6) is 1.10. The highest BCUT2D eigenvalue weighted by atomic mass is 32.2. The predicted octanol–water partition coefficient (Wildman–Crippen LogP) is 3.56. The zero-order chi connectivity index (χ0) is 19.3. The molecule has 1 amide bonds. The second-order valence-corrected chi connectivity index (χ2v) is 7.62. The van der Waals surface area contributed by atoms with Crippen LogP contribution in [0.5, 0.6) is 5.75 Å². The van der Waals surface area contributed by atoms with Gasteiger partial charge in [0, 0.05) is 5.69 Å². The molecule has 1 aliphatic rings. The van der Waals surface area contributed by atoms with Crippen molar-refractivity contribution >= 4 is 17.7 Å². The van der Waals surface area contributed by atoms with E-state index < -0.39 is 0 Å². The van der Waals surface area contributed by atoms with Crippen molar-refractivity contribution in [2.75, 3.05) is 12.9 Å². The molecule has 0 fully saturated rings. The third kappa shape index (κ3) is 4.04. The molecule has 0 saturated heterocycles. The predicted molar refractivity (Wildman–Crippen MR) is 109 cm³/mol. The van der Waals surface area contributed by atoms with Crippen LogP contribution in [-0.2, 0) is 11.2 Å². The molecular weight excluding hydrogens is 372 g/mol. The molecule has 1 atom stereocenters. The Hall–Kier alpha value is -2.80. The summed E-state index contributed by atoms with van der Waals surface area (Å²) >= 11 is 1.38. The van der Waals surface area contributed by atoms with Gasteiger partial charge in [-0.05, 0) is 54.7 Å². The number of aryl methyl sites for hydroxylation is 1. The van der Waals surface area contributed by atoms with Crippen LogP contribution in [0.3, 0.4) is 0 Å². The number of benzene rings is 2. The maximum absolute atomic E-state index is 12.5. The highest BCUT2D eigenvalue weighted by Crippen LogP contribution is 2.29. The van der Waals surface area contributed by atoms with Crippen LogP contribution in [0.25, 0.3) is 5.69 Å². The Morgan fingerprint density at radius 3 is 2.89 bits per heavy atom. The summed E-state index contributed by atoms with van der Waals surface area (Å²) in [4.78, 5) is 12.5. The zero-order valence-electron chi connectivity index (χ0n) is 15.7. The number of methoxy groups -OCH3 is 1. The Bertz CT molecular complexity index is 955. The van der Waals surface area contributed by atoms with E-state index in [1.54, 1.807) is 13.4 Å². The zero-order valence-corrected chi connectivity index (χ0v) is 16.5. The van der Waals surface area contributed by atoms with E-state index in [2.05, 4.69) is 33.7 Å². The van der Waals surface area contributed by atoms with E-state index in [4.69, 9.17) is 4.74 Å². The molecule has 2 aromatic carbocycles. The maximum Gasteiger partial charge on any atom is 0.230 e. The lowest BCUT2D eigenvalue weighted by molar-refractivity contribution is -0.119. The lowest BCUT2D eigenvalue weighted by Gasteiger charge is -2.26. The molecule has 28 heavy (non-hydrogen) atoms. The normalized spacial score (nSPS) is 15.7. The minimum Gasteiger partial charge on any atom is -0.497 e. The fraction of sp³-hybridized carbons (Fsp3) is 0.286. The van der Waals surface area contributed by atoms with Crippen LogP contribution in [0.4, 0.5) is 0 Å². The van der Waals surface area contributed by atoms with Crippen molar-refractivity contribution in [3.63, 3.8) is 0 Å². The number of hydrogen-bond acceptors (Lipinski definition) is 5. The van der Waals surface area contributed by atoms with E-state index in [9.17, 15) is 4.79 Å². The van der Waals surface area contributed by atoms with Gasteiger partial charge in [-0.25, -0.2) is 0 Å². The molecule has 6 nitrogen and oxygen atoms in total. The van der Waals surface area contributed by atoms with E-state index in [1.807, 2.05) is 34.9 Å². The van der Waals surface area contributed by atoms with Crippen molar-refractivity contribution in [3.8, 4) is 11.4 Å². The van der Waals surface area contributed by atoms with Gasteiger partial charge >= 0.3 is 0 Å². The van der Waals surface area contributed by atoms with Gasteiger partial charge in [-0.2, -0.15) is 0 Å². The lowest BCUT2D eigenvalue weighted by Crippen LogP contribution is -2.32. The van der Waals surface area contributed by atoms with Crippen molar-refractivity contribution in [2.45, 2.75) is 30.5 Å². The maximum atomic E-state index is 12.5. The fourth-order valence-electron chi connectivity index (χ4n) is 3.51. The summed E-state index contributed by atoms with van der Waals surface area (Å²) in [6.45, 7) is 0. The number of amides is 1. The van der Waals surface area contributed by atoms with Crippen LogP contribution in [-0.4, -0.2) is 33.5 Å². The van der Waals surface area contributed by atoms with Crippen LogP contribution in [0.15, 0.2) is 60.0 Å². The van der Waals surface area contributed by atoms with Gasteiger partial charge < -0.3 is 10.1 Å². The average molecular weight is 395 g/mol. The minimum atomic E-state index is 0.0102. The molecule has 3 aromatic rings. The van der Waals surface area contributed by atoms with Crippen LogP contribution >= 0.6 is 11.8 Å². The van der Waals surface area contributed by atoms with Crippen LogP contribution in [0.1, 0.15) is 30.0 Å². The molecule has 0 radical (unpaired) electrons. The summed E-state index contributed by atoms with van der Waals surface area (Å²) < 4.78 is 7.06. The Morgan fingerprint density at radius 2 is 2.07 bits per heavy atom. The van der Waals surface area contributed by atoms with Gasteiger partial charge in [0.15, 0.2) is 5.16 Å². The number of nitrogens with one attached hydrogen (secondary N) is 1. The van der Waals surface area contributed by atoms with E-state index in [0.29, 0.717) is 10.9 Å². The number of rotatable bonds is 6. The van der Waals surface area contributed by atoms with E-state index >= 15 is 0 Å². The highest BCUT2D eigenvalue weighted by molar-refractivity contribution is 7.99. The number of hydrogen-bond donors (Lipinski definition) is 1. The molecule has 7 heteroatoms. The largest absolute Gasteiger partial charge is 0.497 e. The first-order valence-corrected chi connectivity index (χ1v) is 10.3. The van der Waals surface area contributed by atoms with Crippen LogP contribution in [0.2, 0.25) is 0 Å². The van der Waals surface area contributed by atoms with Gasteiger partial charge in [0.05, 0.1) is 18.9 Å². The van der Waals surface area contributed by atoms with Crippen LogP contribution < -0.4 is 10.1 Å². The summed E-state index contributed by atoms with van der Waals surface area (Å²) in [6.07, 6.45) is 4.82. The molecule has 0 spiro atoms. The highest BCUT2D eigenvalue weighted by Gasteiger charge is 2.21. The van der Waals surface area contributed by atoms with Gasteiger partial charge in [0.1, 0.15) is 12.1 Å². The van der Waals surface area contributed by atoms with Gasteiger partial charge in [0.25, 0.3) is 0 Å². The van der Waals surface area contributed by atoms with Gasteiger partial charge in [-0.15, -0.1) is 10.2 Å². The molecule has 144 valence electrons. The first kappa shape index (κ1) is 18.6. The molecule has 4 rings (SSSR count). The summed E-state index contributed by atoms with van der Waals surface area (Å²) in [5.41, 5.74) is 3.51. The number of carbonyl (C=O) groups is 1. The first-order valence-electron chi connectivity index (χ1n) is 9.29. The monoisotopic (exact) mass is 394 g/mol. The van der Waals surface area contributed by atoms with E-state index in [1.165, 1.54) is 22.9 Å². The van der Waals surface area contributed by atoms with E-state index in [-0.39, 0.29) is 11.9 Å². The van der Waals surface area contributed by atoms with Crippen molar-refractivity contribution in [2.24, 2.45) is 0 Å². The Balaban J connectivity index is 1.39. The second kappa shape index (κ2) is 8.48. The number of nitrogens with zero attached hydrogens (tertiary/aromatic N) is 3. The SMILES string of the molecule is COc1ccc(-n2cnnc2SCC(=O)N[C@@H]2CCCc3ccccc32)cc1. The van der Waals surface area contributed by atoms with Gasteiger partial charge in [0.2, 0.25) is 5.91 Å². The first-order chi connectivity index (χ1) is 13.7. The topological polar surface area (TPSA) is 69.0 Å². The number of thioether (sulfide) groups is 1. The molecule has 1 aromatic heterocycles. The molecule has 1 N–H and O–H groups in total. The molecule has 1 heterocycles. The second-order valence-electron chi connectivity index (χ2n) is 6.68. The van der Waals surface area contributed by atoms with Crippen LogP contribution in [0, 0.1) is 0 Å². The van der Waals surface area contributed by atoms with Crippen molar-refractivity contribution < 1.29 is 9.53 Å². The Labute approximate surface area is 168 Å². The molecule has 1 aliphatic carbocycles. The average Bonchev–Trinajstić information content (AvgIpc) is 3.21. The Kier molecular flexibility index (Phi) is 5.62. The summed E-state index contributed by atoms with van der Waals surface area (Å²) in [7, 11) is 1.64.